The molecule has 0 rings (SSSR count). The maximum atomic E-state index is 5.74. The Morgan fingerprint density at radius 1 is 1.38 bits per heavy atom. The average Bonchev–Trinajstić information content (AvgIpc) is 2.11. The number of nitrogens with zero attached hydrogens (tertiary/aromatic N) is 1. The van der Waals surface area contributed by atoms with E-state index in [1.54, 1.807) is 0 Å². The Morgan fingerprint density at radius 3 is 2.38 bits per heavy atom. The molecule has 0 spiro atoms. The highest BCUT2D eigenvalue weighted by atomic mass is 32.2. The number of rotatable bonds is 7. The SMILES string of the molecule is CCSCCC(CN)N(C)C(C)C. The van der Waals surface area contributed by atoms with Gasteiger partial charge in [0.25, 0.3) is 0 Å². The van der Waals surface area contributed by atoms with E-state index in [2.05, 4.69) is 32.7 Å². The molecule has 0 heterocycles. The van der Waals surface area contributed by atoms with E-state index in [4.69, 9.17) is 5.73 Å². The number of likely N-dealkylation sites (N-methyl/N-ethyl adjacent to an activating group) is 1. The molecule has 0 aliphatic rings. The van der Waals surface area contributed by atoms with E-state index in [1.807, 2.05) is 11.8 Å². The minimum atomic E-state index is 0.555. The Bertz CT molecular complexity index is 117. The molecule has 2 nitrogen and oxygen atoms in total. The normalized spacial score (nSPS) is 14.1. The van der Waals surface area contributed by atoms with Crippen LogP contribution in [0, 0.1) is 0 Å². The second kappa shape index (κ2) is 7.65. The molecule has 0 bridgehead atoms. The van der Waals surface area contributed by atoms with Crippen LogP contribution in [0.3, 0.4) is 0 Å². The first-order valence-corrected chi connectivity index (χ1v) is 6.28. The summed E-state index contributed by atoms with van der Waals surface area (Å²) in [5.41, 5.74) is 5.74. The molecule has 0 aromatic heterocycles. The van der Waals surface area contributed by atoms with Gasteiger partial charge in [0.2, 0.25) is 0 Å². The summed E-state index contributed by atoms with van der Waals surface area (Å²) in [6.45, 7) is 7.42. The van der Waals surface area contributed by atoms with Crippen LogP contribution in [0.4, 0.5) is 0 Å². The smallest absolute Gasteiger partial charge is 0.0225 e. The van der Waals surface area contributed by atoms with Crippen LogP contribution in [0.2, 0.25) is 0 Å². The van der Waals surface area contributed by atoms with Crippen molar-refractivity contribution in [3.8, 4) is 0 Å². The van der Waals surface area contributed by atoms with E-state index in [1.165, 1.54) is 17.9 Å². The van der Waals surface area contributed by atoms with Crippen molar-refractivity contribution in [3.05, 3.63) is 0 Å². The van der Waals surface area contributed by atoms with Gasteiger partial charge in [-0.25, -0.2) is 0 Å². The van der Waals surface area contributed by atoms with Crippen molar-refractivity contribution in [1.29, 1.82) is 0 Å². The second-order valence-corrected chi connectivity index (χ2v) is 5.03. The van der Waals surface area contributed by atoms with Gasteiger partial charge in [-0.15, -0.1) is 0 Å². The van der Waals surface area contributed by atoms with E-state index >= 15 is 0 Å². The second-order valence-electron chi connectivity index (χ2n) is 3.63. The van der Waals surface area contributed by atoms with Crippen LogP contribution in [-0.4, -0.2) is 42.1 Å². The third kappa shape index (κ3) is 5.55. The van der Waals surface area contributed by atoms with Crippen LogP contribution in [0.1, 0.15) is 27.2 Å². The molecule has 0 aromatic carbocycles. The molecule has 0 radical (unpaired) electrons. The van der Waals surface area contributed by atoms with Crippen molar-refractivity contribution < 1.29 is 0 Å². The molecular weight excluding hydrogens is 180 g/mol. The molecule has 0 amide bonds. The predicted molar refractivity (Wildman–Crippen MR) is 63.4 cm³/mol. The molecule has 0 fully saturated rings. The van der Waals surface area contributed by atoms with Crippen LogP contribution in [0.25, 0.3) is 0 Å². The highest BCUT2D eigenvalue weighted by molar-refractivity contribution is 7.99. The van der Waals surface area contributed by atoms with Gasteiger partial charge in [-0.05, 0) is 38.8 Å². The van der Waals surface area contributed by atoms with Gasteiger partial charge in [0.1, 0.15) is 0 Å². The molecule has 1 atom stereocenters. The molecule has 0 aromatic rings. The molecule has 3 heteroatoms. The third-order valence-electron chi connectivity index (χ3n) is 2.46. The Morgan fingerprint density at radius 2 is 2.00 bits per heavy atom. The van der Waals surface area contributed by atoms with Crippen molar-refractivity contribution in [2.45, 2.75) is 39.3 Å². The molecule has 13 heavy (non-hydrogen) atoms. The zero-order valence-electron chi connectivity index (χ0n) is 9.42. The molecule has 0 aliphatic carbocycles. The summed E-state index contributed by atoms with van der Waals surface area (Å²) in [6.07, 6.45) is 1.21. The summed E-state index contributed by atoms with van der Waals surface area (Å²) < 4.78 is 0. The van der Waals surface area contributed by atoms with Gasteiger partial charge in [0.05, 0.1) is 0 Å². The lowest BCUT2D eigenvalue weighted by molar-refractivity contribution is 0.196. The van der Waals surface area contributed by atoms with Gasteiger partial charge in [-0.2, -0.15) is 11.8 Å². The predicted octanol–water partition coefficient (Wildman–Crippen LogP) is 1.80. The quantitative estimate of drug-likeness (QED) is 0.641. The molecule has 0 saturated carbocycles. The number of thioether (sulfide) groups is 1. The summed E-state index contributed by atoms with van der Waals surface area (Å²) in [6, 6.07) is 1.15. The lowest BCUT2D eigenvalue weighted by atomic mass is 10.1. The zero-order chi connectivity index (χ0) is 10.3. The topological polar surface area (TPSA) is 29.3 Å². The fourth-order valence-corrected chi connectivity index (χ4v) is 2.00. The Hall–Kier alpha value is 0.270. The summed E-state index contributed by atoms with van der Waals surface area (Å²) in [7, 11) is 2.17. The fourth-order valence-electron chi connectivity index (χ4n) is 1.27. The highest BCUT2D eigenvalue weighted by Gasteiger charge is 2.14. The summed E-state index contributed by atoms with van der Waals surface area (Å²) in [5, 5.41) is 0. The van der Waals surface area contributed by atoms with Crippen LogP contribution in [0.5, 0.6) is 0 Å². The zero-order valence-corrected chi connectivity index (χ0v) is 10.2. The van der Waals surface area contributed by atoms with Crippen LogP contribution < -0.4 is 5.73 Å². The van der Waals surface area contributed by atoms with Gasteiger partial charge in [-0.3, -0.25) is 4.90 Å². The molecular formula is C10H24N2S. The summed E-state index contributed by atoms with van der Waals surface area (Å²) in [5.74, 6) is 2.44. The van der Waals surface area contributed by atoms with Gasteiger partial charge in [0, 0.05) is 18.6 Å². The molecule has 2 N–H and O–H groups in total. The van der Waals surface area contributed by atoms with Gasteiger partial charge < -0.3 is 5.73 Å². The standard InChI is InChI=1S/C10H24N2S/c1-5-13-7-6-10(8-11)12(4)9(2)3/h9-10H,5-8,11H2,1-4H3. The van der Waals surface area contributed by atoms with E-state index in [-0.39, 0.29) is 0 Å². The lowest BCUT2D eigenvalue weighted by Crippen LogP contribution is -2.42. The Balaban J connectivity index is 3.73. The monoisotopic (exact) mass is 204 g/mol. The van der Waals surface area contributed by atoms with Crippen molar-refractivity contribution in [2.75, 3.05) is 25.1 Å². The summed E-state index contributed by atoms with van der Waals surface area (Å²) in [4.78, 5) is 2.37. The largest absolute Gasteiger partial charge is 0.329 e. The average molecular weight is 204 g/mol. The molecule has 80 valence electrons. The molecule has 0 saturated heterocycles. The van der Waals surface area contributed by atoms with Crippen molar-refractivity contribution in [3.63, 3.8) is 0 Å². The fraction of sp³-hybridized carbons (Fsp3) is 1.00. The number of nitrogens with two attached hydrogens (primary N) is 1. The van der Waals surface area contributed by atoms with Crippen molar-refractivity contribution in [1.82, 2.24) is 4.90 Å². The molecule has 0 aliphatic heterocycles. The van der Waals surface area contributed by atoms with Crippen molar-refractivity contribution in [2.24, 2.45) is 5.73 Å². The first-order chi connectivity index (χ1) is 6.13. The van der Waals surface area contributed by atoms with Crippen LogP contribution in [0.15, 0.2) is 0 Å². The minimum absolute atomic E-state index is 0.555. The molecule has 1 unspecified atom stereocenters. The van der Waals surface area contributed by atoms with E-state index in [9.17, 15) is 0 Å². The maximum absolute atomic E-state index is 5.74. The highest BCUT2D eigenvalue weighted by Crippen LogP contribution is 2.09. The summed E-state index contributed by atoms with van der Waals surface area (Å²) >= 11 is 2.00. The van der Waals surface area contributed by atoms with Gasteiger partial charge in [0.15, 0.2) is 0 Å². The first kappa shape index (κ1) is 13.3. The Kier molecular flexibility index (Phi) is 7.81. The van der Waals surface area contributed by atoms with E-state index < -0.39 is 0 Å². The Labute approximate surface area is 87.2 Å². The minimum Gasteiger partial charge on any atom is -0.329 e. The number of hydrogen-bond donors (Lipinski definition) is 1. The van der Waals surface area contributed by atoms with Crippen LogP contribution in [-0.2, 0) is 0 Å². The third-order valence-corrected chi connectivity index (χ3v) is 3.39. The van der Waals surface area contributed by atoms with Crippen LogP contribution >= 0.6 is 11.8 Å². The van der Waals surface area contributed by atoms with E-state index in [0.717, 1.165) is 6.54 Å². The van der Waals surface area contributed by atoms with E-state index in [0.29, 0.717) is 12.1 Å². The first-order valence-electron chi connectivity index (χ1n) is 5.13. The van der Waals surface area contributed by atoms with Gasteiger partial charge in [-0.1, -0.05) is 6.92 Å². The van der Waals surface area contributed by atoms with Gasteiger partial charge >= 0.3 is 0 Å². The maximum Gasteiger partial charge on any atom is 0.0225 e. The lowest BCUT2D eigenvalue weighted by Gasteiger charge is -2.30. The number of hydrogen-bond acceptors (Lipinski definition) is 3. The van der Waals surface area contributed by atoms with Crippen molar-refractivity contribution >= 4 is 11.8 Å².